The van der Waals surface area contributed by atoms with Crippen LogP contribution < -0.4 is 11.1 Å². The number of nitrogens with one attached hydrogen (secondary N) is 1. The summed E-state index contributed by atoms with van der Waals surface area (Å²) in [5.74, 6) is 0. The van der Waals surface area contributed by atoms with Crippen LogP contribution in [0.1, 0.15) is 16.5 Å². The highest BCUT2D eigenvalue weighted by molar-refractivity contribution is 7.91. The molecule has 8 heteroatoms. The van der Waals surface area contributed by atoms with Crippen LogP contribution in [0.4, 0.5) is 10.5 Å². The molecule has 2 atom stereocenters. The van der Waals surface area contributed by atoms with Gasteiger partial charge in [-0.05, 0) is 46.5 Å². The molecule has 0 radical (unpaired) electrons. The van der Waals surface area contributed by atoms with Crippen molar-refractivity contribution in [3.8, 4) is 11.1 Å². The SMILES string of the molecule is COC(=O)O[C@@H]1Cc2ccccc2C(S(=O)(=O)c2ccc(-c3ccc(N)cc3)cc2)N1. The van der Waals surface area contributed by atoms with E-state index >= 15 is 0 Å². The predicted molar refractivity (Wildman–Crippen MR) is 117 cm³/mol. The molecule has 0 saturated carbocycles. The quantitative estimate of drug-likeness (QED) is 0.473. The number of anilines is 1. The Bertz CT molecular complexity index is 1190. The van der Waals surface area contributed by atoms with Gasteiger partial charge in [0, 0.05) is 12.1 Å². The Hall–Kier alpha value is -3.36. The van der Waals surface area contributed by atoms with Crippen LogP contribution in [0.5, 0.6) is 0 Å². The van der Waals surface area contributed by atoms with Crippen molar-refractivity contribution in [2.45, 2.75) is 22.9 Å². The third-order valence-electron chi connectivity index (χ3n) is 5.22. The van der Waals surface area contributed by atoms with Crippen molar-refractivity contribution in [3.05, 3.63) is 83.9 Å². The molecular weight excluding hydrogens is 416 g/mol. The molecule has 0 bridgehead atoms. The molecule has 1 unspecified atom stereocenters. The van der Waals surface area contributed by atoms with E-state index in [1.165, 1.54) is 7.11 Å². The first-order valence-electron chi connectivity index (χ1n) is 9.67. The summed E-state index contributed by atoms with van der Waals surface area (Å²) in [4.78, 5) is 11.7. The van der Waals surface area contributed by atoms with Gasteiger partial charge in [-0.15, -0.1) is 0 Å². The zero-order valence-corrected chi connectivity index (χ0v) is 17.6. The Labute approximate surface area is 180 Å². The standard InChI is InChI=1S/C23H22N2O5S/c1-29-23(26)30-21-14-17-4-2-3-5-20(17)22(25-21)31(27,28)19-12-8-16(9-13-19)15-6-10-18(24)11-7-15/h2-13,21-22,25H,14,24H2,1H3/t21-,22?/m1/s1. The number of fused-ring (bicyclic) bond motifs is 1. The lowest BCUT2D eigenvalue weighted by Gasteiger charge is -2.32. The number of nitrogens with two attached hydrogens (primary N) is 1. The van der Waals surface area contributed by atoms with E-state index < -0.39 is 27.6 Å². The van der Waals surface area contributed by atoms with Crippen LogP contribution in [0.3, 0.4) is 0 Å². The number of carbonyl (C=O) groups excluding carboxylic acids is 1. The molecule has 0 fully saturated rings. The van der Waals surface area contributed by atoms with Crippen molar-refractivity contribution in [1.82, 2.24) is 5.32 Å². The molecule has 0 aromatic heterocycles. The highest BCUT2D eigenvalue weighted by Crippen LogP contribution is 2.34. The van der Waals surface area contributed by atoms with E-state index in [0.29, 0.717) is 17.7 Å². The molecule has 3 aromatic rings. The first-order chi connectivity index (χ1) is 14.9. The summed E-state index contributed by atoms with van der Waals surface area (Å²) in [6, 6.07) is 21.2. The van der Waals surface area contributed by atoms with Crippen molar-refractivity contribution < 1.29 is 22.7 Å². The number of rotatable bonds is 4. The van der Waals surface area contributed by atoms with Crippen LogP contribution in [-0.4, -0.2) is 27.9 Å². The number of carbonyl (C=O) groups is 1. The molecule has 160 valence electrons. The van der Waals surface area contributed by atoms with Gasteiger partial charge in [-0.25, -0.2) is 13.2 Å². The number of hydrogen-bond donors (Lipinski definition) is 2. The molecule has 3 aromatic carbocycles. The molecule has 1 heterocycles. The fourth-order valence-corrected chi connectivity index (χ4v) is 5.32. The van der Waals surface area contributed by atoms with Crippen LogP contribution in [-0.2, 0) is 25.7 Å². The first kappa shape index (κ1) is 20.9. The van der Waals surface area contributed by atoms with Crippen LogP contribution in [0.2, 0.25) is 0 Å². The van der Waals surface area contributed by atoms with E-state index in [2.05, 4.69) is 10.1 Å². The molecule has 0 spiro atoms. The van der Waals surface area contributed by atoms with Gasteiger partial charge in [0.15, 0.2) is 16.1 Å². The normalized spacial score (nSPS) is 18.1. The summed E-state index contributed by atoms with van der Waals surface area (Å²) in [7, 11) is -2.62. The highest BCUT2D eigenvalue weighted by atomic mass is 32.2. The molecule has 7 nitrogen and oxygen atoms in total. The maximum absolute atomic E-state index is 13.5. The van der Waals surface area contributed by atoms with E-state index in [4.69, 9.17) is 10.5 Å². The molecule has 0 aliphatic carbocycles. The van der Waals surface area contributed by atoms with E-state index in [1.54, 1.807) is 48.5 Å². The fourth-order valence-electron chi connectivity index (χ4n) is 3.64. The minimum Gasteiger partial charge on any atom is -0.438 e. The lowest BCUT2D eigenvalue weighted by atomic mass is 10.00. The van der Waals surface area contributed by atoms with Gasteiger partial charge in [-0.1, -0.05) is 48.5 Å². The third kappa shape index (κ3) is 4.26. The topological polar surface area (TPSA) is 108 Å². The summed E-state index contributed by atoms with van der Waals surface area (Å²) in [5.41, 5.74) is 9.63. The predicted octanol–water partition coefficient (Wildman–Crippen LogP) is 3.66. The Morgan fingerprint density at radius 1 is 0.968 bits per heavy atom. The first-order valence-corrected chi connectivity index (χ1v) is 11.2. The lowest BCUT2D eigenvalue weighted by molar-refractivity contribution is 0.0194. The smallest absolute Gasteiger partial charge is 0.438 e. The maximum atomic E-state index is 13.5. The van der Waals surface area contributed by atoms with Crippen LogP contribution in [0.25, 0.3) is 11.1 Å². The Kier molecular flexibility index (Phi) is 5.67. The number of methoxy groups -OCH3 is 1. The third-order valence-corrected chi connectivity index (χ3v) is 7.16. The molecule has 1 aliphatic heterocycles. The number of ether oxygens (including phenoxy) is 2. The minimum absolute atomic E-state index is 0.165. The van der Waals surface area contributed by atoms with Gasteiger partial charge in [0.2, 0.25) is 0 Å². The molecule has 3 N–H and O–H groups in total. The van der Waals surface area contributed by atoms with E-state index in [9.17, 15) is 13.2 Å². The molecular formula is C23H22N2O5S. The average Bonchev–Trinajstić information content (AvgIpc) is 2.79. The number of benzene rings is 3. The molecule has 0 amide bonds. The number of sulfone groups is 1. The van der Waals surface area contributed by atoms with Gasteiger partial charge in [-0.3, -0.25) is 5.32 Å². The zero-order valence-electron chi connectivity index (χ0n) is 16.8. The van der Waals surface area contributed by atoms with Gasteiger partial charge < -0.3 is 15.2 Å². The Morgan fingerprint density at radius 2 is 1.58 bits per heavy atom. The maximum Gasteiger partial charge on any atom is 0.509 e. The van der Waals surface area contributed by atoms with Crippen LogP contribution >= 0.6 is 0 Å². The van der Waals surface area contributed by atoms with E-state index in [0.717, 1.165) is 16.7 Å². The van der Waals surface area contributed by atoms with Crippen molar-refractivity contribution in [2.75, 3.05) is 12.8 Å². The lowest BCUT2D eigenvalue weighted by Crippen LogP contribution is -2.45. The second-order valence-corrected chi connectivity index (χ2v) is 9.23. The molecule has 31 heavy (non-hydrogen) atoms. The fraction of sp³-hybridized carbons (Fsp3) is 0.174. The van der Waals surface area contributed by atoms with E-state index in [-0.39, 0.29) is 4.90 Å². The van der Waals surface area contributed by atoms with Gasteiger partial charge in [-0.2, -0.15) is 0 Å². The van der Waals surface area contributed by atoms with E-state index in [1.807, 2.05) is 24.3 Å². The summed E-state index contributed by atoms with van der Waals surface area (Å²) < 4.78 is 36.7. The number of nitrogen functional groups attached to an aromatic ring is 1. The van der Waals surface area contributed by atoms with Crippen molar-refractivity contribution >= 4 is 21.7 Å². The minimum atomic E-state index is -3.82. The summed E-state index contributed by atoms with van der Waals surface area (Å²) in [5, 5.41) is 1.88. The van der Waals surface area contributed by atoms with Gasteiger partial charge >= 0.3 is 6.16 Å². The Balaban J connectivity index is 1.66. The average molecular weight is 439 g/mol. The summed E-state index contributed by atoms with van der Waals surface area (Å²) in [6.45, 7) is 0. The van der Waals surface area contributed by atoms with Gasteiger partial charge in [0.05, 0.1) is 12.0 Å². The van der Waals surface area contributed by atoms with Crippen molar-refractivity contribution in [1.29, 1.82) is 0 Å². The van der Waals surface area contributed by atoms with Crippen LogP contribution in [0.15, 0.2) is 77.7 Å². The molecule has 1 aliphatic rings. The van der Waals surface area contributed by atoms with Crippen LogP contribution in [0, 0.1) is 0 Å². The monoisotopic (exact) mass is 438 g/mol. The second-order valence-electron chi connectivity index (χ2n) is 7.20. The van der Waals surface area contributed by atoms with Gasteiger partial charge in [0.25, 0.3) is 0 Å². The highest BCUT2D eigenvalue weighted by Gasteiger charge is 2.37. The second kappa shape index (κ2) is 8.41. The summed E-state index contributed by atoms with van der Waals surface area (Å²) in [6.07, 6.45) is -1.36. The zero-order chi connectivity index (χ0) is 22.0. The molecule has 4 rings (SSSR count). The van der Waals surface area contributed by atoms with Gasteiger partial charge in [0.1, 0.15) is 5.37 Å². The number of hydrogen-bond acceptors (Lipinski definition) is 7. The summed E-state index contributed by atoms with van der Waals surface area (Å²) >= 11 is 0. The Morgan fingerprint density at radius 3 is 2.23 bits per heavy atom. The van der Waals surface area contributed by atoms with Crippen molar-refractivity contribution in [2.24, 2.45) is 0 Å². The molecule has 0 saturated heterocycles. The van der Waals surface area contributed by atoms with Crippen molar-refractivity contribution in [3.63, 3.8) is 0 Å². The largest absolute Gasteiger partial charge is 0.509 e.